The highest BCUT2D eigenvalue weighted by atomic mass is 35.5. The number of aromatic nitrogens is 1. The molecule has 0 saturated carbocycles. The maximum atomic E-state index is 5.44. The van der Waals surface area contributed by atoms with Crippen LogP contribution < -0.4 is 4.74 Å². The van der Waals surface area contributed by atoms with E-state index in [9.17, 15) is 0 Å². The van der Waals surface area contributed by atoms with E-state index in [-0.39, 0.29) is 0 Å². The molecule has 1 rings (SSSR count). The molecule has 0 aromatic carbocycles. The lowest BCUT2D eigenvalue weighted by atomic mass is 10.2. The van der Waals surface area contributed by atoms with Crippen molar-refractivity contribution in [3.8, 4) is 17.7 Å². The second-order valence-electron chi connectivity index (χ2n) is 2.48. The Labute approximate surface area is 82.9 Å². The number of hydrogen-bond acceptors (Lipinski definition) is 2. The van der Waals surface area contributed by atoms with Gasteiger partial charge in [0.15, 0.2) is 0 Å². The average Bonchev–Trinajstić information content (AvgIpc) is 2.16. The third kappa shape index (κ3) is 2.64. The highest BCUT2D eigenvalue weighted by Crippen LogP contribution is 2.11. The monoisotopic (exact) mass is 195 g/mol. The molecular formula is C10H10ClNO. The Morgan fingerprint density at radius 3 is 2.92 bits per heavy atom. The van der Waals surface area contributed by atoms with Crippen molar-refractivity contribution in [3.63, 3.8) is 0 Å². The summed E-state index contributed by atoms with van der Waals surface area (Å²) in [4.78, 5) is 4.04. The first-order chi connectivity index (χ1) is 6.27. The molecular weight excluding hydrogens is 186 g/mol. The van der Waals surface area contributed by atoms with Crippen LogP contribution in [0.1, 0.15) is 11.1 Å². The number of alkyl halides is 1. The Kier molecular flexibility index (Phi) is 3.60. The van der Waals surface area contributed by atoms with E-state index in [1.54, 1.807) is 13.3 Å². The van der Waals surface area contributed by atoms with Crippen molar-refractivity contribution in [2.45, 2.75) is 6.92 Å². The number of ether oxygens (including phenoxy) is 1. The van der Waals surface area contributed by atoms with Gasteiger partial charge in [0.1, 0.15) is 0 Å². The summed E-state index contributed by atoms with van der Waals surface area (Å²) in [7, 11) is 1.59. The largest absolute Gasteiger partial charge is 0.481 e. The molecule has 0 amide bonds. The molecule has 3 heteroatoms. The first kappa shape index (κ1) is 9.88. The summed E-state index contributed by atoms with van der Waals surface area (Å²) in [6.45, 7) is 1.96. The SMILES string of the molecule is COc1cc(C)c(C#CCCl)cn1. The van der Waals surface area contributed by atoms with Gasteiger partial charge in [0.05, 0.1) is 13.0 Å². The second-order valence-corrected chi connectivity index (χ2v) is 2.74. The highest BCUT2D eigenvalue weighted by molar-refractivity contribution is 6.19. The molecule has 1 aromatic rings. The number of nitrogens with zero attached hydrogens (tertiary/aromatic N) is 1. The summed E-state index contributed by atoms with van der Waals surface area (Å²) in [5.41, 5.74) is 1.94. The third-order valence-corrected chi connectivity index (χ3v) is 1.72. The zero-order chi connectivity index (χ0) is 9.68. The fourth-order valence-corrected chi connectivity index (χ4v) is 0.968. The van der Waals surface area contributed by atoms with Gasteiger partial charge in [0.2, 0.25) is 5.88 Å². The normalized spacial score (nSPS) is 8.85. The predicted molar refractivity (Wildman–Crippen MR) is 53.1 cm³/mol. The molecule has 0 N–H and O–H groups in total. The molecule has 0 spiro atoms. The number of methoxy groups -OCH3 is 1. The molecule has 0 atom stereocenters. The van der Waals surface area contributed by atoms with Crippen LogP contribution in [-0.2, 0) is 0 Å². The van der Waals surface area contributed by atoms with Crippen LogP contribution >= 0.6 is 11.6 Å². The fourth-order valence-electron chi connectivity index (χ4n) is 0.901. The zero-order valence-corrected chi connectivity index (χ0v) is 8.35. The van der Waals surface area contributed by atoms with E-state index in [0.29, 0.717) is 11.8 Å². The van der Waals surface area contributed by atoms with Gasteiger partial charge in [-0.1, -0.05) is 11.8 Å². The van der Waals surface area contributed by atoms with Crippen LogP contribution in [0.5, 0.6) is 5.88 Å². The van der Waals surface area contributed by atoms with Crippen LogP contribution in [0.15, 0.2) is 12.3 Å². The van der Waals surface area contributed by atoms with Gasteiger partial charge in [0.25, 0.3) is 0 Å². The van der Waals surface area contributed by atoms with E-state index in [4.69, 9.17) is 16.3 Å². The van der Waals surface area contributed by atoms with E-state index in [1.165, 1.54) is 0 Å². The summed E-state index contributed by atoms with van der Waals surface area (Å²) < 4.78 is 4.97. The van der Waals surface area contributed by atoms with Crippen LogP contribution in [0.4, 0.5) is 0 Å². The molecule has 13 heavy (non-hydrogen) atoms. The number of halogens is 1. The van der Waals surface area contributed by atoms with Crippen LogP contribution in [0.3, 0.4) is 0 Å². The lowest BCUT2D eigenvalue weighted by Crippen LogP contribution is -1.90. The fraction of sp³-hybridized carbons (Fsp3) is 0.300. The first-order valence-electron chi connectivity index (χ1n) is 3.83. The van der Waals surface area contributed by atoms with E-state index in [2.05, 4.69) is 16.8 Å². The second kappa shape index (κ2) is 4.74. The topological polar surface area (TPSA) is 22.1 Å². The van der Waals surface area contributed by atoms with Crippen molar-refractivity contribution < 1.29 is 4.74 Å². The number of pyridine rings is 1. The van der Waals surface area contributed by atoms with Crippen LogP contribution in [-0.4, -0.2) is 18.0 Å². The molecule has 0 aliphatic heterocycles. The Morgan fingerprint density at radius 1 is 1.62 bits per heavy atom. The Morgan fingerprint density at radius 2 is 2.38 bits per heavy atom. The van der Waals surface area contributed by atoms with Crippen LogP contribution in [0.2, 0.25) is 0 Å². The van der Waals surface area contributed by atoms with Gasteiger partial charge in [-0.2, -0.15) is 0 Å². The van der Waals surface area contributed by atoms with E-state index in [0.717, 1.165) is 11.1 Å². The Bertz CT molecular complexity index is 352. The van der Waals surface area contributed by atoms with Gasteiger partial charge in [-0.05, 0) is 12.5 Å². The molecule has 0 fully saturated rings. The maximum Gasteiger partial charge on any atom is 0.213 e. The Balaban J connectivity index is 2.98. The zero-order valence-electron chi connectivity index (χ0n) is 7.60. The van der Waals surface area contributed by atoms with Gasteiger partial charge >= 0.3 is 0 Å². The molecule has 0 aliphatic carbocycles. The molecule has 0 aliphatic rings. The molecule has 1 heterocycles. The molecule has 0 unspecified atom stereocenters. The van der Waals surface area contributed by atoms with Gasteiger partial charge < -0.3 is 4.74 Å². The molecule has 0 radical (unpaired) electrons. The molecule has 1 aromatic heterocycles. The first-order valence-corrected chi connectivity index (χ1v) is 4.37. The predicted octanol–water partition coefficient (Wildman–Crippen LogP) is 1.99. The average molecular weight is 196 g/mol. The lowest BCUT2D eigenvalue weighted by molar-refractivity contribution is 0.397. The minimum Gasteiger partial charge on any atom is -0.481 e. The van der Waals surface area contributed by atoms with E-state index >= 15 is 0 Å². The Hall–Kier alpha value is -1.20. The van der Waals surface area contributed by atoms with Gasteiger partial charge in [0, 0.05) is 17.8 Å². The minimum absolute atomic E-state index is 0.339. The number of rotatable bonds is 1. The van der Waals surface area contributed by atoms with Crippen molar-refractivity contribution in [1.29, 1.82) is 0 Å². The smallest absolute Gasteiger partial charge is 0.213 e. The van der Waals surface area contributed by atoms with Gasteiger partial charge in [-0.3, -0.25) is 0 Å². The molecule has 68 valence electrons. The van der Waals surface area contributed by atoms with Crippen molar-refractivity contribution in [2.24, 2.45) is 0 Å². The quantitative estimate of drug-likeness (QED) is 0.505. The van der Waals surface area contributed by atoms with Crippen molar-refractivity contribution in [2.75, 3.05) is 13.0 Å². The highest BCUT2D eigenvalue weighted by Gasteiger charge is 1.97. The molecule has 2 nitrogen and oxygen atoms in total. The summed E-state index contributed by atoms with van der Waals surface area (Å²) in [5, 5.41) is 0. The maximum absolute atomic E-state index is 5.44. The van der Waals surface area contributed by atoms with Crippen molar-refractivity contribution >= 4 is 11.6 Å². The van der Waals surface area contributed by atoms with Crippen molar-refractivity contribution in [3.05, 3.63) is 23.4 Å². The van der Waals surface area contributed by atoms with Crippen molar-refractivity contribution in [1.82, 2.24) is 4.98 Å². The summed E-state index contributed by atoms with van der Waals surface area (Å²) in [6, 6.07) is 1.85. The van der Waals surface area contributed by atoms with Crippen LogP contribution in [0.25, 0.3) is 0 Å². The van der Waals surface area contributed by atoms with E-state index in [1.807, 2.05) is 13.0 Å². The lowest BCUT2D eigenvalue weighted by Gasteiger charge is -2.00. The van der Waals surface area contributed by atoms with Gasteiger partial charge in [-0.25, -0.2) is 4.98 Å². The standard InChI is InChI=1S/C10H10ClNO/c1-8-6-10(13-2)12-7-9(8)4-3-5-11/h6-7H,5H2,1-2H3. The minimum atomic E-state index is 0.339. The van der Waals surface area contributed by atoms with E-state index < -0.39 is 0 Å². The third-order valence-electron chi connectivity index (χ3n) is 1.58. The summed E-state index contributed by atoms with van der Waals surface area (Å²) in [5.74, 6) is 6.64. The number of hydrogen-bond donors (Lipinski definition) is 0. The summed E-state index contributed by atoms with van der Waals surface area (Å²) in [6.07, 6.45) is 1.69. The molecule has 0 saturated heterocycles. The summed E-state index contributed by atoms with van der Waals surface area (Å²) >= 11 is 5.44. The van der Waals surface area contributed by atoms with Gasteiger partial charge in [-0.15, -0.1) is 11.6 Å². The van der Waals surface area contributed by atoms with Crippen LogP contribution in [0, 0.1) is 18.8 Å². The number of aryl methyl sites for hydroxylation is 1. The molecule has 0 bridgehead atoms.